The second-order valence-corrected chi connectivity index (χ2v) is 8.13. The van der Waals surface area contributed by atoms with Gasteiger partial charge in [0.2, 0.25) is 11.8 Å². The number of carbonyl (C=O) groups is 1. The summed E-state index contributed by atoms with van der Waals surface area (Å²) in [4.78, 5) is 17.7. The number of urea groups is 1. The number of amides is 2. The number of nitrogens with two attached hydrogens (primary N) is 2. The molecule has 3 fully saturated rings. The van der Waals surface area contributed by atoms with Crippen LogP contribution in [0.1, 0.15) is 43.2 Å². The van der Waals surface area contributed by atoms with Gasteiger partial charge >= 0.3 is 16.4 Å². The monoisotopic (exact) mass is 417 g/mol. The minimum Gasteiger partial charge on any atom is -0.420 e. The number of nitrogens with zero attached hydrogens (tertiary/aromatic N) is 5. The van der Waals surface area contributed by atoms with Crippen molar-refractivity contribution in [3.05, 3.63) is 11.8 Å². The number of fused-ring (bicyclic) bond motifs is 3. The number of guanidine groups is 1. The lowest BCUT2D eigenvalue weighted by atomic mass is 9.85. The molecule has 1 aliphatic carbocycles. The quantitative estimate of drug-likeness (QED) is 0.236. The molecule has 0 aromatic carbocycles. The van der Waals surface area contributed by atoms with Crippen molar-refractivity contribution in [2.24, 2.45) is 21.9 Å². The minimum atomic E-state index is -4.84. The van der Waals surface area contributed by atoms with Gasteiger partial charge in [0.25, 0.3) is 0 Å². The predicted octanol–water partition coefficient (Wildman–Crippen LogP) is -1.56. The van der Waals surface area contributed by atoms with Crippen LogP contribution in [0.3, 0.4) is 0 Å². The summed E-state index contributed by atoms with van der Waals surface area (Å²) in [6, 6.07) is -1.84. The lowest BCUT2D eigenvalue weighted by Gasteiger charge is -2.34. The highest BCUT2D eigenvalue weighted by Gasteiger charge is 2.64. The average Bonchev–Trinajstić information content (AvgIpc) is 3.09. The van der Waals surface area contributed by atoms with E-state index in [2.05, 4.69) is 19.5 Å². The summed E-state index contributed by atoms with van der Waals surface area (Å²) in [7, 11) is -4.84. The normalized spacial score (nSPS) is 26.6. The Hall–Kier alpha value is -2.49. The molecule has 15 heteroatoms. The molecule has 2 saturated heterocycles. The molecule has 4 rings (SSSR count). The molecule has 1 spiro atoms. The Labute approximate surface area is 159 Å². The number of piperidine rings is 1. The highest BCUT2D eigenvalue weighted by atomic mass is 32.3. The van der Waals surface area contributed by atoms with Gasteiger partial charge in [-0.1, -0.05) is 0 Å². The van der Waals surface area contributed by atoms with E-state index in [1.165, 1.54) is 4.90 Å². The molecule has 2 amide bonds. The van der Waals surface area contributed by atoms with E-state index in [9.17, 15) is 18.3 Å². The lowest BCUT2D eigenvalue weighted by Crippen LogP contribution is -2.43. The van der Waals surface area contributed by atoms with Crippen LogP contribution in [0.15, 0.2) is 9.41 Å². The number of hydroxylamine groups is 2. The Morgan fingerprint density at radius 2 is 2.14 bits per heavy atom. The zero-order chi connectivity index (χ0) is 20.3. The molecule has 2 bridgehead atoms. The molecule has 3 aliphatic rings. The maximum absolute atomic E-state index is 12.6. The SMILES string of the molecule is NC(N)=NC[C@H](O)c1nnc([C@@H]2CC3(CC3)[C@H]3CN2C(=O)N3OS(=O)(=O)O)o1. The van der Waals surface area contributed by atoms with E-state index >= 15 is 0 Å². The standard InChI is InChI=1S/C13H19N7O7S/c14-11(15)16-4-7(21)10-18-17-9(26-10)6-3-13(1-2-13)8-5-19(6)12(22)20(8)27-28(23,24)25/h6-8,21H,1-5H2,(H4,14,15,16)(H,23,24,25)/t6-,7-,8+/m0/s1. The summed E-state index contributed by atoms with van der Waals surface area (Å²) < 4.78 is 41.3. The van der Waals surface area contributed by atoms with E-state index in [4.69, 9.17) is 20.4 Å². The van der Waals surface area contributed by atoms with Gasteiger partial charge in [-0.15, -0.1) is 14.5 Å². The van der Waals surface area contributed by atoms with Gasteiger partial charge in [-0.05, 0) is 24.7 Å². The summed E-state index contributed by atoms with van der Waals surface area (Å²) in [5.74, 6) is -0.204. The summed E-state index contributed by atoms with van der Waals surface area (Å²) in [5.41, 5.74) is 10.1. The first kappa shape index (κ1) is 18.9. The van der Waals surface area contributed by atoms with Gasteiger partial charge in [0.05, 0.1) is 12.6 Å². The van der Waals surface area contributed by atoms with Crippen LogP contribution in [0.5, 0.6) is 0 Å². The Balaban J connectivity index is 1.57. The minimum absolute atomic E-state index is 0.102. The number of hydrogen-bond acceptors (Lipinski definition) is 9. The second kappa shape index (κ2) is 6.26. The number of aliphatic hydroxyl groups is 1. The number of aliphatic hydroxyl groups excluding tert-OH is 1. The Morgan fingerprint density at radius 1 is 1.43 bits per heavy atom. The van der Waals surface area contributed by atoms with Crippen LogP contribution in [-0.4, -0.2) is 69.4 Å². The fourth-order valence-corrected chi connectivity index (χ4v) is 4.19. The second-order valence-electron chi connectivity index (χ2n) is 7.12. The molecule has 28 heavy (non-hydrogen) atoms. The molecule has 3 atom stereocenters. The van der Waals surface area contributed by atoms with E-state index in [1.807, 2.05) is 0 Å². The first-order valence-electron chi connectivity index (χ1n) is 8.43. The highest BCUT2D eigenvalue weighted by molar-refractivity contribution is 7.80. The molecule has 2 aliphatic heterocycles. The van der Waals surface area contributed by atoms with Gasteiger partial charge in [0, 0.05) is 6.54 Å². The summed E-state index contributed by atoms with van der Waals surface area (Å²) in [6.07, 6.45) is 0.757. The molecule has 6 N–H and O–H groups in total. The van der Waals surface area contributed by atoms with Crippen LogP contribution in [0.2, 0.25) is 0 Å². The topological polar surface area (TPSA) is 211 Å². The van der Waals surface area contributed by atoms with Crippen molar-refractivity contribution >= 4 is 22.4 Å². The third-order valence-corrected chi connectivity index (χ3v) is 5.66. The third kappa shape index (κ3) is 3.25. The largest absolute Gasteiger partial charge is 0.420 e. The van der Waals surface area contributed by atoms with Gasteiger partial charge < -0.3 is 25.9 Å². The molecule has 3 heterocycles. The maximum atomic E-state index is 12.6. The van der Waals surface area contributed by atoms with E-state index in [0.717, 1.165) is 12.8 Å². The number of carbonyl (C=O) groups excluding carboxylic acids is 1. The molecule has 154 valence electrons. The van der Waals surface area contributed by atoms with Gasteiger partial charge in [-0.3, -0.25) is 9.55 Å². The number of rotatable bonds is 6. The van der Waals surface area contributed by atoms with E-state index in [1.54, 1.807) is 0 Å². The lowest BCUT2D eigenvalue weighted by molar-refractivity contribution is -0.0530. The zero-order valence-electron chi connectivity index (χ0n) is 14.5. The summed E-state index contributed by atoms with van der Waals surface area (Å²) >= 11 is 0. The Kier molecular flexibility index (Phi) is 4.22. The van der Waals surface area contributed by atoms with Crippen LogP contribution in [-0.2, 0) is 14.7 Å². The molecule has 1 aromatic rings. The highest BCUT2D eigenvalue weighted by Crippen LogP contribution is 2.61. The first-order chi connectivity index (χ1) is 13.1. The smallest absolute Gasteiger partial charge is 0.418 e. The van der Waals surface area contributed by atoms with Crippen LogP contribution in [0, 0.1) is 5.41 Å². The molecule has 1 saturated carbocycles. The summed E-state index contributed by atoms with van der Waals surface area (Å²) in [6.45, 7) is 0.0204. The van der Waals surface area contributed by atoms with Crippen molar-refractivity contribution in [1.82, 2.24) is 20.2 Å². The molecule has 0 radical (unpaired) electrons. The van der Waals surface area contributed by atoms with Crippen molar-refractivity contribution in [1.29, 1.82) is 0 Å². The summed E-state index contributed by atoms with van der Waals surface area (Å²) in [5, 5.41) is 18.4. The number of hydrogen-bond donors (Lipinski definition) is 4. The third-order valence-electron chi connectivity index (χ3n) is 5.31. The van der Waals surface area contributed by atoms with Crippen LogP contribution >= 0.6 is 0 Å². The number of aromatic nitrogens is 2. The Bertz CT molecular complexity index is 923. The van der Waals surface area contributed by atoms with Gasteiger partial charge in [0.15, 0.2) is 12.1 Å². The molecule has 14 nitrogen and oxygen atoms in total. The van der Waals surface area contributed by atoms with Crippen LogP contribution < -0.4 is 11.5 Å². The molecular weight excluding hydrogens is 398 g/mol. The van der Waals surface area contributed by atoms with Gasteiger partial charge in [-0.25, -0.2) is 4.79 Å². The van der Waals surface area contributed by atoms with Crippen LogP contribution in [0.4, 0.5) is 4.79 Å². The van der Waals surface area contributed by atoms with Crippen molar-refractivity contribution in [2.75, 3.05) is 13.1 Å². The van der Waals surface area contributed by atoms with E-state index in [-0.39, 0.29) is 36.2 Å². The van der Waals surface area contributed by atoms with Crippen molar-refractivity contribution < 1.29 is 31.6 Å². The first-order valence-corrected chi connectivity index (χ1v) is 9.80. The molecule has 0 unspecified atom stereocenters. The Morgan fingerprint density at radius 3 is 2.75 bits per heavy atom. The van der Waals surface area contributed by atoms with Crippen molar-refractivity contribution in [3.63, 3.8) is 0 Å². The fourth-order valence-electron chi connectivity index (χ4n) is 3.82. The van der Waals surface area contributed by atoms with Gasteiger partial charge in [0.1, 0.15) is 6.04 Å². The zero-order valence-corrected chi connectivity index (χ0v) is 15.3. The average molecular weight is 417 g/mol. The van der Waals surface area contributed by atoms with E-state index in [0.29, 0.717) is 11.5 Å². The maximum Gasteiger partial charge on any atom is 0.418 e. The van der Waals surface area contributed by atoms with Crippen molar-refractivity contribution in [3.8, 4) is 0 Å². The van der Waals surface area contributed by atoms with E-state index < -0.39 is 34.6 Å². The van der Waals surface area contributed by atoms with Crippen molar-refractivity contribution in [2.45, 2.75) is 37.5 Å². The fraction of sp³-hybridized carbons (Fsp3) is 0.692. The molecular formula is C13H19N7O7S. The van der Waals surface area contributed by atoms with Crippen LogP contribution in [0.25, 0.3) is 0 Å². The number of aliphatic imine (C=N–C) groups is 1. The predicted molar refractivity (Wildman–Crippen MR) is 89.3 cm³/mol. The molecule has 1 aromatic heterocycles. The van der Waals surface area contributed by atoms with Gasteiger partial charge in [-0.2, -0.15) is 13.5 Å².